The Balaban J connectivity index is 1.44. The quantitative estimate of drug-likeness (QED) is 0.511. The van der Waals surface area contributed by atoms with Crippen molar-refractivity contribution in [3.63, 3.8) is 0 Å². The predicted octanol–water partition coefficient (Wildman–Crippen LogP) is 4.03. The van der Waals surface area contributed by atoms with Crippen molar-refractivity contribution in [1.29, 1.82) is 0 Å². The van der Waals surface area contributed by atoms with Gasteiger partial charge in [0.25, 0.3) is 0 Å². The normalized spacial score (nSPS) is 25.5. The Morgan fingerprint density at radius 1 is 0.719 bits per heavy atom. The van der Waals surface area contributed by atoms with E-state index < -0.39 is 29.9 Å². The van der Waals surface area contributed by atoms with Crippen LogP contribution in [0.1, 0.15) is 11.1 Å². The molecule has 0 bridgehead atoms. The number of aliphatic hydroxyl groups excluding tert-OH is 2. The zero-order valence-corrected chi connectivity index (χ0v) is 18.5. The first-order chi connectivity index (χ1) is 15.7. The van der Waals surface area contributed by atoms with Gasteiger partial charge >= 0.3 is 0 Å². The molecule has 3 aromatic carbocycles. The van der Waals surface area contributed by atoms with Crippen molar-refractivity contribution >= 4 is 11.8 Å². The Morgan fingerprint density at radius 3 is 1.91 bits per heavy atom. The lowest BCUT2D eigenvalue weighted by molar-refractivity contribution is -0.228. The standard InChI is InChI=1S/C26H28O5S/c27-23-24(28)26(32-21-14-8-3-9-15-21)31-22(18-29-16-19-10-4-1-5-11-19)25(23)30-17-20-12-6-2-7-13-20/h1-15,22-28H,16-18H2. The van der Waals surface area contributed by atoms with Crippen molar-refractivity contribution in [1.82, 2.24) is 0 Å². The average molecular weight is 453 g/mol. The molecule has 32 heavy (non-hydrogen) atoms. The van der Waals surface area contributed by atoms with Gasteiger partial charge in [0, 0.05) is 4.90 Å². The van der Waals surface area contributed by atoms with Crippen LogP contribution >= 0.6 is 11.8 Å². The molecule has 2 N–H and O–H groups in total. The number of aliphatic hydroxyl groups is 2. The maximum atomic E-state index is 10.9. The number of hydrogen-bond acceptors (Lipinski definition) is 6. The molecule has 6 heteroatoms. The third-order valence-corrected chi connectivity index (χ3v) is 6.48. The summed E-state index contributed by atoms with van der Waals surface area (Å²) >= 11 is 1.38. The summed E-state index contributed by atoms with van der Waals surface area (Å²) in [5.74, 6) is 0. The Hall–Kier alpha value is -2.19. The maximum Gasteiger partial charge on any atom is 0.136 e. The summed E-state index contributed by atoms with van der Waals surface area (Å²) in [7, 11) is 0. The second kappa shape index (κ2) is 11.6. The van der Waals surface area contributed by atoms with Crippen LogP contribution in [0.2, 0.25) is 0 Å². The molecule has 0 amide bonds. The molecule has 1 aliphatic rings. The summed E-state index contributed by atoms with van der Waals surface area (Å²) < 4.78 is 18.2. The number of hydrogen-bond donors (Lipinski definition) is 2. The van der Waals surface area contributed by atoms with Crippen LogP contribution < -0.4 is 0 Å². The highest BCUT2D eigenvalue weighted by Crippen LogP contribution is 2.34. The zero-order valence-electron chi connectivity index (χ0n) is 17.7. The van der Waals surface area contributed by atoms with Gasteiger partial charge in [-0.05, 0) is 23.3 Å². The monoisotopic (exact) mass is 452 g/mol. The third kappa shape index (κ3) is 6.19. The fourth-order valence-electron chi connectivity index (χ4n) is 3.61. The van der Waals surface area contributed by atoms with Crippen LogP contribution in [0.4, 0.5) is 0 Å². The van der Waals surface area contributed by atoms with E-state index in [-0.39, 0.29) is 6.61 Å². The van der Waals surface area contributed by atoms with Crippen LogP contribution in [0.5, 0.6) is 0 Å². The molecule has 5 unspecified atom stereocenters. The first-order valence-electron chi connectivity index (χ1n) is 10.7. The van der Waals surface area contributed by atoms with Gasteiger partial charge in [0.05, 0.1) is 19.8 Å². The number of benzene rings is 3. The van der Waals surface area contributed by atoms with Crippen molar-refractivity contribution in [3.05, 3.63) is 102 Å². The Kier molecular flexibility index (Phi) is 8.34. The highest BCUT2D eigenvalue weighted by Gasteiger charge is 2.45. The van der Waals surface area contributed by atoms with Crippen molar-refractivity contribution in [3.8, 4) is 0 Å². The van der Waals surface area contributed by atoms with Crippen molar-refractivity contribution in [2.75, 3.05) is 6.61 Å². The van der Waals surface area contributed by atoms with E-state index in [1.807, 2.05) is 91.0 Å². The van der Waals surface area contributed by atoms with Gasteiger partial charge in [-0.15, -0.1) is 0 Å². The molecule has 1 aliphatic heterocycles. The molecule has 168 valence electrons. The summed E-state index contributed by atoms with van der Waals surface area (Å²) in [5, 5.41) is 21.7. The van der Waals surface area contributed by atoms with E-state index >= 15 is 0 Å². The minimum Gasteiger partial charge on any atom is -0.387 e. The number of rotatable bonds is 9. The Morgan fingerprint density at radius 2 is 1.28 bits per heavy atom. The van der Waals surface area contributed by atoms with Gasteiger partial charge in [-0.25, -0.2) is 0 Å². The van der Waals surface area contributed by atoms with Crippen molar-refractivity contribution < 1.29 is 24.4 Å². The SMILES string of the molecule is OC1C(Sc2ccccc2)OC(COCc2ccccc2)C(OCc2ccccc2)C1O. The van der Waals surface area contributed by atoms with Gasteiger partial charge in [-0.2, -0.15) is 0 Å². The van der Waals surface area contributed by atoms with E-state index in [0.717, 1.165) is 16.0 Å². The van der Waals surface area contributed by atoms with Crippen molar-refractivity contribution in [2.24, 2.45) is 0 Å². The Bertz CT molecular complexity index is 925. The molecule has 0 radical (unpaired) electrons. The first kappa shape index (κ1) is 23.0. The number of thioether (sulfide) groups is 1. The highest BCUT2D eigenvalue weighted by atomic mass is 32.2. The lowest BCUT2D eigenvalue weighted by Crippen LogP contribution is -2.58. The van der Waals surface area contributed by atoms with E-state index in [0.29, 0.717) is 13.2 Å². The van der Waals surface area contributed by atoms with Crippen LogP contribution in [-0.4, -0.2) is 46.7 Å². The molecule has 1 fully saturated rings. The lowest BCUT2D eigenvalue weighted by Gasteiger charge is -2.42. The van der Waals surface area contributed by atoms with Crippen LogP contribution in [0.25, 0.3) is 0 Å². The second-order valence-electron chi connectivity index (χ2n) is 7.72. The van der Waals surface area contributed by atoms with E-state index in [4.69, 9.17) is 14.2 Å². The average Bonchev–Trinajstić information content (AvgIpc) is 2.84. The highest BCUT2D eigenvalue weighted by molar-refractivity contribution is 7.99. The summed E-state index contributed by atoms with van der Waals surface area (Å²) in [4.78, 5) is 0.955. The summed E-state index contributed by atoms with van der Waals surface area (Å²) in [6.45, 7) is 0.982. The molecular formula is C26H28O5S. The van der Waals surface area contributed by atoms with Gasteiger partial charge in [0.15, 0.2) is 0 Å². The van der Waals surface area contributed by atoms with Crippen LogP contribution in [-0.2, 0) is 27.4 Å². The molecule has 0 aliphatic carbocycles. The van der Waals surface area contributed by atoms with Gasteiger partial charge in [0.2, 0.25) is 0 Å². The molecule has 5 nitrogen and oxygen atoms in total. The van der Waals surface area contributed by atoms with E-state index in [1.54, 1.807) is 0 Å². The minimum absolute atomic E-state index is 0.240. The van der Waals surface area contributed by atoms with Crippen LogP contribution in [0.15, 0.2) is 95.9 Å². The van der Waals surface area contributed by atoms with Gasteiger partial charge < -0.3 is 24.4 Å². The molecule has 1 saturated heterocycles. The van der Waals surface area contributed by atoms with Gasteiger partial charge in [0.1, 0.15) is 29.9 Å². The molecule has 0 saturated carbocycles. The largest absolute Gasteiger partial charge is 0.387 e. The molecule has 0 aromatic heterocycles. The van der Waals surface area contributed by atoms with Crippen molar-refractivity contribution in [2.45, 2.75) is 48.0 Å². The van der Waals surface area contributed by atoms with Crippen LogP contribution in [0, 0.1) is 0 Å². The number of ether oxygens (including phenoxy) is 3. The molecule has 1 heterocycles. The zero-order chi connectivity index (χ0) is 22.2. The predicted molar refractivity (Wildman–Crippen MR) is 124 cm³/mol. The molecular weight excluding hydrogens is 424 g/mol. The molecule has 3 aromatic rings. The van der Waals surface area contributed by atoms with Gasteiger partial charge in [-0.3, -0.25) is 0 Å². The third-order valence-electron chi connectivity index (χ3n) is 5.32. The van der Waals surface area contributed by atoms with E-state index in [2.05, 4.69) is 0 Å². The molecule has 0 spiro atoms. The fraction of sp³-hybridized carbons (Fsp3) is 0.308. The molecule has 4 rings (SSSR count). The topological polar surface area (TPSA) is 68.2 Å². The van der Waals surface area contributed by atoms with Gasteiger partial charge in [-0.1, -0.05) is 90.6 Å². The Labute approximate surface area is 193 Å². The fourth-order valence-corrected chi connectivity index (χ4v) is 4.69. The van der Waals surface area contributed by atoms with Crippen LogP contribution in [0.3, 0.4) is 0 Å². The lowest BCUT2D eigenvalue weighted by atomic mass is 10.00. The molecule has 5 atom stereocenters. The maximum absolute atomic E-state index is 10.9. The smallest absolute Gasteiger partial charge is 0.136 e. The second-order valence-corrected chi connectivity index (χ2v) is 8.89. The summed E-state index contributed by atoms with van der Waals surface area (Å²) in [6, 6.07) is 29.3. The summed E-state index contributed by atoms with van der Waals surface area (Å²) in [6.07, 6.45) is -3.43. The van der Waals surface area contributed by atoms with E-state index in [9.17, 15) is 10.2 Å². The van der Waals surface area contributed by atoms with E-state index in [1.165, 1.54) is 11.8 Å². The first-order valence-corrected chi connectivity index (χ1v) is 11.6. The minimum atomic E-state index is -1.10. The summed E-state index contributed by atoms with van der Waals surface area (Å²) in [5.41, 5.74) is 1.41.